The van der Waals surface area contributed by atoms with E-state index >= 15 is 0 Å². The van der Waals surface area contributed by atoms with Crippen molar-refractivity contribution in [1.29, 1.82) is 0 Å². The van der Waals surface area contributed by atoms with Gasteiger partial charge in [-0.05, 0) is 25.5 Å². The maximum absolute atomic E-state index is 12.2. The lowest BCUT2D eigenvalue weighted by Crippen LogP contribution is -2.57. The van der Waals surface area contributed by atoms with Gasteiger partial charge in [-0.3, -0.25) is 14.9 Å². The quantitative estimate of drug-likeness (QED) is 0.536. The van der Waals surface area contributed by atoms with E-state index in [4.69, 9.17) is 13.9 Å². The molecule has 2 unspecified atom stereocenters. The highest BCUT2D eigenvalue weighted by molar-refractivity contribution is 7.99. The maximum Gasteiger partial charge on any atom is 0.321 e. The first-order chi connectivity index (χ1) is 15.0. The third kappa shape index (κ3) is 5.26. The number of aromatic nitrogens is 2. The number of anilines is 1. The topological polar surface area (TPSA) is 145 Å². The molecule has 31 heavy (non-hydrogen) atoms. The number of carbonyl (C=O) groups excluding carboxylic acids is 3. The molecule has 3 N–H and O–H groups in total. The fourth-order valence-corrected chi connectivity index (χ4v) is 3.86. The van der Waals surface area contributed by atoms with Crippen LogP contribution in [0.25, 0.3) is 0 Å². The Kier molecular flexibility index (Phi) is 6.26. The normalized spacial score (nSPS) is 20.0. The van der Waals surface area contributed by atoms with Crippen LogP contribution in [0.5, 0.6) is 11.5 Å². The van der Waals surface area contributed by atoms with Crippen LogP contribution in [0.1, 0.15) is 19.2 Å². The zero-order chi connectivity index (χ0) is 21.8. The van der Waals surface area contributed by atoms with Crippen LogP contribution >= 0.6 is 11.8 Å². The molecule has 2 aliphatic heterocycles. The monoisotopic (exact) mass is 447 g/mol. The molecule has 4 amide bonds. The van der Waals surface area contributed by atoms with E-state index in [1.807, 2.05) is 0 Å². The van der Waals surface area contributed by atoms with Crippen LogP contribution < -0.4 is 25.4 Å². The number of fused-ring (bicyclic) bond motifs is 1. The van der Waals surface area contributed by atoms with Crippen molar-refractivity contribution in [1.82, 2.24) is 20.8 Å². The summed E-state index contributed by atoms with van der Waals surface area (Å²) < 4.78 is 16.5. The SMILES string of the molecule is CC1NC(=O)NC(=O)C1CCc1nnc(SCC(=O)Nc2ccc3c(c2)OCCO3)o1. The van der Waals surface area contributed by atoms with E-state index in [1.165, 1.54) is 0 Å². The van der Waals surface area contributed by atoms with Crippen molar-refractivity contribution >= 4 is 35.3 Å². The highest BCUT2D eigenvalue weighted by Crippen LogP contribution is 2.32. The smallest absolute Gasteiger partial charge is 0.321 e. The average Bonchev–Trinajstić information content (AvgIpc) is 3.19. The molecule has 1 aromatic carbocycles. The Hall–Kier alpha value is -3.28. The molecule has 3 heterocycles. The van der Waals surface area contributed by atoms with Crippen molar-refractivity contribution in [3.05, 3.63) is 24.1 Å². The molecule has 12 heteroatoms. The Morgan fingerprint density at radius 2 is 2.03 bits per heavy atom. The number of thioether (sulfide) groups is 1. The lowest BCUT2D eigenvalue weighted by molar-refractivity contribution is -0.125. The summed E-state index contributed by atoms with van der Waals surface area (Å²) in [7, 11) is 0. The van der Waals surface area contributed by atoms with Gasteiger partial charge in [0.05, 0.1) is 11.7 Å². The minimum Gasteiger partial charge on any atom is -0.486 e. The predicted octanol–water partition coefficient (Wildman–Crippen LogP) is 1.35. The number of hydrogen-bond acceptors (Lipinski definition) is 9. The lowest BCUT2D eigenvalue weighted by atomic mass is 9.93. The molecule has 1 fully saturated rings. The van der Waals surface area contributed by atoms with E-state index < -0.39 is 6.03 Å². The third-order valence-electron chi connectivity index (χ3n) is 4.81. The van der Waals surface area contributed by atoms with E-state index in [2.05, 4.69) is 26.1 Å². The first kappa shape index (κ1) is 21.0. The van der Waals surface area contributed by atoms with Crippen LogP contribution in [0.3, 0.4) is 0 Å². The van der Waals surface area contributed by atoms with Crippen molar-refractivity contribution in [2.45, 2.75) is 31.0 Å². The van der Waals surface area contributed by atoms with E-state index in [-0.39, 0.29) is 34.7 Å². The number of imide groups is 1. The van der Waals surface area contributed by atoms with Crippen LogP contribution in [0.15, 0.2) is 27.8 Å². The Balaban J connectivity index is 1.24. The molecule has 0 aliphatic carbocycles. The van der Waals surface area contributed by atoms with Gasteiger partial charge in [0.25, 0.3) is 5.22 Å². The molecule has 0 saturated carbocycles. The first-order valence-corrected chi connectivity index (χ1v) is 10.7. The second kappa shape index (κ2) is 9.25. The molecule has 2 atom stereocenters. The number of amides is 4. The fourth-order valence-electron chi connectivity index (χ4n) is 3.28. The largest absolute Gasteiger partial charge is 0.486 e. The fraction of sp³-hybridized carbons (Fsp3) is 0.421. The molecular formula is C19H21N5O6S. The van der Waals surface area contributed by atoms with E-state index in [0.29, 0.717) is 49.1 Å². The van der Waals surface area contributed by atoms with Crippen LogP contribution in [0.4, 0.5) is 10.5 Å². The Bertz CT molecular complexity index is 996. The van der Waals surface area contributed by atoms with Gasteiger partial charge in [0, 0.05) is 24.2 Å². The molecule has 4 rings (SSSR count). The highest BCUT2D eigenvalue weighted by Gasteiger charge is 2.32. The van der Waals surface area contributed by atoms with Gasteiger partial charge in [-0.1, -0.05) is 11.8 Å². The van der Waals surface area contributed by atoms with E-state index in [9.17, 15) is 14.4 Å². The summed E-state index contributed by atoms with van der Waals surface area (Å²) in [5.41, 5.74) is 0.605. The summed E-state index contributed by atoms with van der Waals surface area (Å²) in [6, 6.07) is 4.45. The van der Waals surface area contributed by atoms with Gasteiger partial charge in [0.15, 0.2) is 11.5 Å². The summed E-state index contributed by atoms with van der Waals surface area (Å²) in [6.07, 6.45) is 0.833. The number of nitrogens with zero attached hydrogens (tertiary/aromatic N) is 2. The van der Waals surface area contributed by atoms with Crippen molar-refractivity contribution in [3.8, 4) is 11.5 Å². The molecule has 0 bridgehead atoms. The van der Waals surface area contributed by atoms with Gasteiger partial charge in [-0.2, -0.15) is 0 Å². The van der Waals surface area contributed by atoms with Gasteiger partial charge in [-0.25, -0.2) is 4.79 Å². The minimum absolute atomic E-state index is 0.0875. The van der Waals surface area contributed by atoms with Crippen molar-refractivity contribution in [3.63, 3.8) is 0 Å². The second-order valence-electron chi connectivity index (χ2n) is 7.05. The number of ether oxygens (including phenoxy) is 2. The van der Waals surface area contributed by atoms with Gasteiger partial charge in [0.2, 0.25) is 17.7 Å². The molecule has 1 saturated heterocycles. The molecule has 2 aliphatic rings. The predicted molar refractivity (Wildman–Crippen MR) is 109 cm³/mol. The van der Waals surface area contributed by atoms with E-state index in [1.54, 1.807) is 25.1 Å². The highest BCUT2D eigenvalue weighted by atomic mass is 32.2. The minimum atomic E-state index is -0.486. The molecule has 164 valence electrons. The van der Waals surface area contributed by atoms with Crippen molar-refractivity contribution < 1.29 is 28.3 Å². The van der Waals surface area contributed by atoms with Gasteiger partial charge in [-0.15, -0.1) is 10.2 Å². The Labute approximate surface area is 181 Å². The summed E-state index contributed by atoms with van der Waals surface area (Å²) in [5.74, 6) is 0.776. The number of carbonyl (C=O) groups is 3. The number of nitrogens with one attached hydrogen (secondary N) is 3. The van der Waals surface area contributed by atoms with Gasteiger partial charge in [0.1, 0.15) is 13.2 Å². The molecule has 0 spiro atoms. The van der Waals surface area contributed by atoms with Crippen LogP contribution in [-0.2, 0) is 16.0 Å². The average molecular weight is 447 g/mol. The molecule has 11 nitrogen and oxygen atoms in total. The standard InChI is InChI=1S/C19H21N5O6S/c1-10-12(17(26)22-18(27)20-10)3-5-16-23-24-19(30-16)31-9-15(25)21-11-2-4-13-14(8-11)29-7-6-28-13/h2,4,8,10,12H,3,5-7,9H2,1H3,(H,21,25)(H2,20,22,26,27). The summed E-state index contributed by atoms with van der Waals surface area (Å²) in [4.78, 5) is 35.4. The number of urea groups is 1. The Morgan fingerprint density at radius 3 is 2.84 bits per heavy atom. The number of benzene rings is 1. The second-order valence-corrected chi connectivity index (χ2v) is 7.98. The number of rotatable bonds is 7. The molecule has 1 aromatic heterocycles. The van der Waals surface area contributed by atoms with Gasteiger partial charge < -0.3 is 24.5 Å². The summed E-state index contributed by atoms with van der Waals surface area (Å²) in [5, 5.41) is 15.9. The van der Waals surface area contributed by atoms with Crippen LogP contribution in [-0.4, -0.2) is 53.1 Å². The van der Waals surface area contributed by atoms with Crippen LogP contribution in [0.2, 0.25) is 0 Å². The van der Waals surface area contributed by atoms with E-state index in [0.717, 1.165) is 11.8 Å². The van der Waals surface area contributed by atoms with Crippen molar-refractivity contribution in [2.24, 2.45) is 5.92 Å². The third-order valence-corrected chi connectivity index (χ3v) is 5.62. The lowest BCUT2D eigenvalue weighted by Gasteiger charge is -2.28. The maximum atomic E-state index is 12.2. The molecular weight excluding hydrogens is 426 g/mol. The molecule has 2 aromatic rings. The zero-order valence-electron chi connectivity index (χ0n) is 16.7. The Morgan fingerprint density at radius 1 is 1.23 bits per heavy atom. The van der Waals surface area contributed by atoms with Crippen LogP contribution in [0, 0.1) is 5.92 Å². The molecule has 0 radical (unpaired) electrons. The zero-order valence-corrected chi connectivity index (χ0v) is 17.5. The summed E-state index contributed by atoms with van der Waals surface area (Å²) in [6.45, 7) is 2.75. The first-order valence-electron chi connectivity index (χ1n) is 9.74. The van der Waals surface area contributed by atoms with Gasteiger partial charge >= 0.3 is 6.03 Å². The number of hydrogen-bond donors (Lipinski definition) is 3. The summed E-state index contributed by atoms with van der Waals surface area (Å²) >= 11 is 1.12. The van der Waals surface area contributed by atoms with Crippen molar-refractivity contribution in [2.75, 3.05) is 24.3 Å². The number of aryl methyl sites for hydroxylation is 1.